The van der Waals surface area contributed by atoms with Gasteiger partial charge in [0.15, 0.2) is 5.78 Å². The zero-order chi connectivity index (χ0) is 13.1. The third kappa shape index (κ3) is 2.73. The van der Waals surface area contributed by atoms with E-state index < -0.39 is 0 Å². The lowest BCUT2D eigenvalue weighted by molar-refractivity contribution is -0.119. The van der Waals surface area contributed by atoms with Crippen molar-refractivity contribution in [1.82, 2.24) is 0 Å². The summed E-state index contributed by atoms with van der Waals surface area (Å²) in [6.45, 7) is 3.94. The van der Waals surface area contributed by atoms with Crippen molar-refractivity contribution in [3.8, 4) is 5.75 Å². The summed E-state index contributed by atoms with van der Waals surface area (Å²) in [6, 6.07) is 5.37. The first-order chi connectivity index (χ1) is 8.58. The number of hydrogen-bond donors (Lipinski definition) is 2. The molecule has 1 fully saturated rings. The summed E-state index contributed by atoms with van der Waals surface area (Å²) in [5.74, 6) is 0.549. The van der Waals surface area contributed by atoms with Gasteiger partial charge in [0.2, 0.25) is 0 Å². The van der Waals surface area contributed by atoms with Crippen LogP contribution in [0.4, 0.5) is 5.69 Å². The predicted molar refractivity (Wildman–Crippen MR) is 72.6 cm³/mol. The van der Waals surface area contributed by atoms with Gasteiger partial charge in [0.05, 0.1) is 5.69 Å². The summed E-state index contributed by atoms with van der Waals surface area (Å²) in [7, 11) is 0. The Balaban J connectivity index is 2.14. The number of hydrogen-bond acceptors (Lipinski definition) is 3. The smallest absolute Gasteiger partial charge is 0.163 e. The summed E-state index contributed by atoms with van der Waals surface area (Å²) >= 11 is 0. The molecule has 0 bridgehead atoms. The third-order valence-electron chi connectivity index (χ3n) is 3.40. The van der Waals surface area contributed by atoms with Gasteiger partial charge in [-0.25, -0.2) is 0 Å². The molecule has 0 spiro atoms. The van der Waals surface area contributed by atoms with E-state index >= 15 is 0 Å². The highest BCUT2D eigenvalue weighted by atomic mass is 16.3. The highest BCUT2D eigenvalue weighted by Crippen LogP contribution is 2.27. The number of aryl methyl sites for hydroxylation is 1. The Morgan fingerprint density at radius 3 is 3.00 bits per heavy atom. The standard InChI is InChI=1S/C15H19NO2/c1-10-6-7-14(17)13(8-10)16-9-12-5-3-4-11(2)15(12)18/h6-9,11,16-17H,3-5H2,1-2H3/t11-/m1/s1. The van der Waals surface area contributed by atoms with Crippen molar-refractivity contribution in [2.75, 3.05) is 5.32 Å². The molecule has 1 saturated carbocycles. The van der Waals surface area contributed by atoms with Crippen LogP contribution in [-0.4, -0.2) is 10.9 Å². The van der Waals surface area contributed by atoms with E-state index in [4.69, 9.17) is 0 Å². The van der Waals surface area contributed by atoms with Crippen LogP contribution in [0.3, 0.4) is 0 Å². The fraction of sp³-hybridized carbons (Fsp3) is 0.400. The largest absolute Gasteiger partial charge is 0.506 e. The molecule has 3 heteroatoms. The average molecular weight is 245 g/mol. The van der Waals surface area contributed by atoms with Gasteiger partial charge < -0.3 is 10.4 Å². The fourth-order valence-electron chi connectivity index (χ4n) is 2.24. The van der Waals surface area contributed by atoms with Gasteiger partial charge in [0.1, 0.15) is 5.75 Å². The molecule has 1 aromatic rings. The van der Waals surface area contributed by atoms with E-state index in [2.05, 4.69) is 5.32 Å². The fourth-order valence-corrected chi connectivity index (χ4v) is 2.24. The SMILES string of the molecule is Cc1ccc(O)c(NC=C2CCC[C@@H](C)C2=O)c1. The molecule has 3 nitrogen and oxygen atoms in total. The zero-order valence-corrected chi connectivity index (χ0v) is 10.9. The van der Waals surface area contributed by atoms with Crippen molar-refractivity contribution in [2.45, 2.75) is 33.1 Å². The molecule has 0 radical (unpaired) electrons. The third-order valence-corrected chi connectivity index (χ3v) is 3.40. The summed E-state index contributed by atoms with van der Waals surface area (Å²) in [5.41, 5.74) is 2.54. The number of phenols is 1. The Kier molecular flexibility index (Phi) is 3.70. The highest BCUT2D eigenvalue weighted by molar-refractivity contribution is 5.97. The van der Waals surface area contributed by atoms with Gasteiger partial charge in [0, 0.05) is 17.7 Å². The van der Waals surface area contributed by atoms with Gasteiger partial charge >= 0.3 is 0 Å². The number of carbonyl (C=O) groups is 1. The number of rotatable bonds is 2. The summed E-state index contributed by atoms with van der Waals surface area (Å²) < 4.78 is 0. The second kappa shape index (κ2) is 5.25. The summed E-state index contributed by atoms with van der Waals surface area (Å²) in [4.78, 5) is 11.9. The first-order valence-electron chi connectivity index (χ1n) is 6.37. The molecule has 0 aromatic heterocycles. The Labute approximate surface area is 108 Å². The molecule has 0 heterocycles. The molecule has 1 atom stereocenters. The quantitative estimate of drug-likeness (QED) is 0.620. The van der Waals surface area contributed by atoms with Crippen molar-refractivity contribution in [3.63, 3.8) is 0 Å². The topological polar surface area (TPSA) is 49.3 Å². The Bertz CT molecular complexity index is 491. The van der Waals surface area contributed by atoms with Crippen LogP contribution in [0.15, 0.2) is 30.0 Å². The molecule has 0 amide bonds. The van der Waals surface area contributed by atoms with E-state index in [9.17, 15) is 9.90 Å². The van der Waals surface area contributed by atoms with Crippen LogP contribution in [0.25, 0.3) is 0 Å². The maximum atomic E-state index is 11.9. The number of ketones is 1. The van der Waals surface area contributed by atoms with Crippen molar-refractivity contribution in [1.29, 1.82) is 0 Å². The molecule has 1 aliphatic carbocycles. The number of Topliss-reactive ketones (excluding diaryl/α,β-unsaturated/α-hetero) is 1. The predicted octanol–water partition coefficient (Wildman–Crippen LogP) is 3.39. The van der Waals surface area contributed by atoms with Crippen LogP contribution in [-0.2, 0) is 4.79 Å². The molecular weight excluding hydrogens is 226 g/mol. The van der Waals surface area contributed by atoms with Crippen molar-refractivity contribution >= 4 is 11.5 Å². The van der Waals surface area contributed by atoms with Crippen LogP contribution >= 0.6 is 0 Å². The molecule has 0 saturated heterocycles. The van der Waals surface area contributed by atoms with Gasteiger partial charge in [-0.2, -0.15) is 0 Å². The second-order valence-electron chi connectivity index (χ2n) is 4.99. The first-order valence-corrected chi connectivity index (χ1v) is 6.37. The molecule has 1 aliphatic rings. The lowest BCUT2D eigenvalue weighted by Gasteiger charge is -2.19. The van der Waals surface area contributed by atoms with Crippen LogP contribution < -0.4 is 5.32 Å². The Morgan fingerprint density at radius 2 is 2.22 bits per heavy atom. The van der Waals surface area contributed by atoms with Crippen molar-refractivity contribution in [2.24, 2.45) is 5.92 Å². The maximum Gasteiger partial charge on any atom is 0.163 e. The molecule has 96 valence electrons. The molecule has 2 N–H and O–H groups in total. The number of nitrogens with one attached hydrogen (secondary N) is 1. The normalized spacial score (nSPS) is 22.2. The minimum absolute atomic E-state index is 0.123. The van der Waals surface area contributed by atoms with Gasteiger partial charge in [-0.15, -0.1) is 0 Å². The van der Waals surface area contributed by atoms with Crippen molar-refractivity contribution in [3.05, 3.63) is 35.5 Å². The average Bonchev–Trinajstić information content (AvgIpc) is 2.35. The zero-order valence-electron chi connectivity index (χ0n) is 10.9. The Hall–Kier alpha value is -1.77. The number of anilines is 1. The first kappa shape index (κ1) is 12.7. The van der Waals surface area contributed by atoms with Gasteiger partial charge in [-0.1, -0.05) is 13.0 Å². The molecule has 2 rings (SSSR count). The van der Waals surface area contributed by atoms with Gasteiger partial charge in [-0.3, -0.25) is 4.79 Å². The minimum Gasteiger partial charge on any atom is -0.506 e. The second-order valence-corrected chi connectivity index (χ2v) is 4.99. The number of carbonyl (C=O) groups excluding carboxylic acids is 1. The van der Waals surface area contributed by atoms with Gasteiger partial charge in [0.25, 0.3) is 0 Å². The maximum absolute atomic E-state index is 11.9. The van der Waals surface area contributed by atoms with E-state index in [1.165, 1.54) is 0 Å². The highest BCUT2D eigenvalue weighted by Gasteiger charge is 2.22. The molecule has 18 heavy (non-hydrogen) atoms. The van der Waals surface area contributed by atoms with Crippen LogP contribution in [0.5, 0.6) is 5.75 Å². The number of phenolic OH excluding ortho intramolecular Hbond substituents is 1. The Morgan fingerprint density at radius 1 is 1.44 bits per heavy atom. The monoisotopic (exact) mass is 245 g/mol. The van der Waals surface area contributed by atoms with E-state index in [1.807, 2.05) is 26.0 Å². The molecule has 0 unspecified atom stereocenters. The minimum atomic E-state index is 0.123. The lowest BCUT2D eigenvalue weighted by atomic mass is 9.86. The molecule has 1 aromatic carbocycles. The number of aromatic hydroxyl groups is 1. The number of benzene rings is 1. The van der Waals surface area contributed by atoms with Crippen LogP contribution in [0.1, 0.15) is 31.7 Å². The summed E-state index contributed by atoms with van der Waals surface area (Å²) in [6.07, 6.45) is 4.60. The van der Waals surface area contributed by atoms with Gasteiger partial charge in [-0.05, 0) is 43.9 Å². The molecule has 0 aliphatic heterocycles. The van der Waals surface area contributed by atoms with Crippen molar-refractivity contribution < 1.29 is 9.90 Å². The van der Waals surface area contributed by atoms with Crippen LogP contribution in [0, 0.1) is 12.8 Å². The van der Waals surface area contributed by atoms with E-state index in [0.29, 0.717) is 5.69 Å². The van der Waals surface area contributed by atoms with Crippen LogP contribution in [0.2, 0.25) is 0 Å². The van der Waals surface area contributed by atoms with E-state index in [0.717, 1.165) is 30.4 Å². The molecular formula is C15H19NO2. The summed E-state index contributed by atoms with van der Waals surface area (Å²) in [5, 5.41) is 12.7. The van der Waals surface area contributed by atoms with E-state index in [1.54, 1.807) is 12.3 Å². The van der Waals surface area contributed by atoms with E-state index in [-0.39, 0.29) is 17.5 Å². The number of allylic oxidation sites excluding steroid dienone is 1. The lowest BCUT2D eigenvalue weighted by Crippen LogP contribution is -2.19.